The van der Waals surface area contributed by atoms with Crippen LogP contribution in [0.4, 0.5) is 11.5 Å². The Balaban J connectivity index is 1.88. The van der Waals surface area contributed by atoms with E-state index in [1.54, 1.807) is 0 Å². The number of aromatic amines is 1. The van der Waals surface area contributed by atoms with Gasteiger partial charge in [0, 0.05) is 0 Å². The second-order valence-electron chi connectivity index (χ2n) is 3.89. The molecule has 3 N–H and O–H groups in total. The van der Waals surface area contributed by atoms with Gasteiger partial charge in [-0.2, -0.15) is 10.3 Å². The zero-order valence-corrected chi connectivity index (χ0v) is 9.26. The highest BCUT2D eigenvalue weighted by molar-refractivity contribution is 5.60. The summed E-state index contributed by atoms with van der Waals surface area (Å²) >= 11 is 0. The number of ether oxygens (including phenoxy) is 1. The number of aromatic nitrogens is 3. The summed E-state index contributed by atoms with van der Waals surface area (Å²) in [6.07, 6.45) is 0. The average Bonchev–Trinajstić information content (AvgIpc) is 2.76. The fourth-order valence-corrected chi connectivity index (χ4v) is 1.95. The number of benzene rings is 1. The van der Waals surface area contributed by atoms with Crippen LogP contribution < -0.4 is 15.4 Å². The molecule has 3 rings (SSSR count). The number of rotatable bonds is 2. The van der Waals surface area contributed by atoms with Gasteiger partial charge in [-0.25, -0.2) is 0 Å². The molecule has 0 saturated carbocycles. The van der Waals surface area contributed by atoms with Gasteiger partial charge in [-0.05, 0) is 12.1 Å². The summed E-state index contributed by atoms with van der Waals surface area (Å²) < 4.78 is 5.59. The van der Waals surface area contributed by atoms with Crippen molar-refractivity contribution in [3.05, 3.63) is 30.0 Å². The maximum absolute atomic E-state index is 5.71. The van der Waals surface area contributed by atoms with Gasteiger partial charge in [0.25, 0.3) is 0 Å². The standard InChI is InChI=1S/C11H13N5O/c12-11-8(13-15-14-11)7-16-5-6-17-10-4-2-1-3-9(10)16/h1-4H,5-7H2,(H3,12,13,14,15). The summed E-state index contributed by atoms with van der Waals surface area (Å²) in [5.74, 6) is 1.36. The summed E-state index contributed by atoms with van der Waals surface area (Å²) in [7, 11) is 0. The highest BCUT2D eigenvalue weighted by Gasteiger charge is 2.19. The van der Waals surface area contributed by atoms with E-state index < -0.39 is 0 Å². The van der Waals surface area contributed by atoms with Gasteiger partial charge in [-0.3, -0.25) is 0 Å². The van der Waals surface area contributed by atoms with E-state index in [-0.39, 0.29) is 0 Å². The molecule has 0 radical (unpaired) electrons. The minimum atomic E-state index is 0.453. The van der Waals surface area contributed by atoms with E-state index in [0.717, 1.165) is 23.7 Å². The molecule has 2 aromatic rings. The second kappa shape index (κ2) is 3.97. The third-order valence-corrected chi connectivity index (χ3v) is 2.82. The lowest BCUT2D eigenvalue weighted by Crippen LogP contribution is -2.32. The molecule has 0 aliphatic carbocycles. The van der Waals surface area contributed by atoms with Gasteiger partial charge < -0.3 is 15.4 Å². The molecule has 6 heteroatoms. The molecule has 1 aliphatic heterocycles. The van der Waals surface area contributed by atoms with Gasteiger partial charge in [-0.15, -0.1) is 5.10 Å². The fourth-order valence-electron chi connectivity index (χ4n) is 1.95. The third-order valence-electron chi connectivity index (χ3n) is 2.82. The maximum atomic E-state index is 5.71. The lowest BCUT2D eigenvalue weighted by atomic mass is 10.2. The summed E-state index contributed by atoms with van der Waals surface area (Å²) in [5.41, 5.74) is 7.55. The van der Waals surface area contributed by atoms with Crippen LogP contribution in [0.1, 0.15) is 5.69 Å². The molecular formula is C11H13N5O. The number of anilines is 2. The van der Waals surface area contributed by atoms with Gasteiger partial charge in [0.2, 0.25) is 0 Å². The molecule has 0 unspecified atom stereocenters. The van der Waals surface area contributed by atoms with E-state index in [2.05, 4.69) is 20.3 Å². The smallest absolute Gasteiger partial charge is 0.170 e. The monoisotopic (exact) mass is 231 g/mol. The average molecular weight is 231 g/mol. The lowest BCUT2D eigenvalue weighted by molar-refractivity contribution is 0.306. The normalized spacial score (nSPS) is 14.2. The molecule has 0 fully saturated rings. The Morgan fingerprint density at radius 3 is 3.06 bits per heavy atom. The van der Waals surface area contributed by atoms with E-state index in [9.17, 15) is 0 Å². The first-order chi connectivity index (χ1) is 8.34. The van der Waals surface area contributed by atoms with Crippen molar-refractivity contribution in [3.8, 4) is 5.75 Å². The zero-order chi connectivity index (χ0) is 11.7. The second-order valence-corrected chi connectivity index (χ2v) is 3.89. The van der Waals surface area contributed by atoms with Crippen molar-refractivity contribution < 1.29 is 4.74 Å². The van der Waals surface area contributed by atoms with Crippen molar-refractivity contribution in [1.29, 1.82) is 0 Å². The Hall–Kier alpha value is -2.24. The Kier molecular flexibility index (Phi) is 2.32. The molecule has 1 aliphatic rings. The number of nitrogens with one attached hydrogen (secondary N) is 1. The summed E-state index contributed by atoms with van der Waals surface area (Å²) in [6, 6.07) is 7.96. The van der Waals surface area contributed by atoms with Crippen molar-refractivity contribution in [2.45, 2.75) is 6.54 Å². The SMILES string of the molecule is Nc1n[nH]nc1CN1CCOc2ccccc21. The number of nitrogens with zero attached hydrogens (tertiary/aromatic N) is 3. The molecule has 2 heterocycles. The largest absolute Gasteiger partial charge is 0.490 e. The third kappa shape index (κ3) is 1.77. The summed E-state index contributed by atoms with van der Waals surface area (Å²) in [4.78, 5) is 2.19. The van der Waals surface area contributed by atoms with Gasteiger partial charge in [0.05, 0.1) is 18.8 Å². The first-order valence-corrected chi connectivity index (χ1v) is 5.46. The number of H-pyrrole nitrogens is 1. The first-order valence-electron chi connectivity index (χ1n) is 5.46. The highest BCUT2D eigenvalue weighted by Crippen LogP contribution is 2.31. The number of nitrogens with two attached hydrogens (primary N) is 1. The predicted octanol–water partition coefficient (Wildman–Crippen LogP) is 0.786. The predicted molar refractivity (Wildman–Crippen MR) is 63.8 cm³/mol. The van der Waals surface area contributed by atoms with Crippen molar-refractivity contribution in [3.63, 3.8) is 0 Å². The number of fused-ring (bicyclic) bond motifs is 1. The number of nitrogen functional groups attached to an aromatic ring is 1. The van der Waals surface area contributed by atoms with Crippen LogP contribution >= 0.6 is 0 Å². The van der Waals surface area contributed by atoms with Crippen LogP contribution in [0.15, 0.2) is 24.3 Å². The summed E-state index contributed by atoms with van der Waals surface area (Å²) in [5, 5.41) is 10.4. The zero-order valence-electron chi connectivity index (χ0n) is 9.26. The van der Waals surface area contributed by atoms with Crippen LogP contribution in [-0.4, -0.2) is 28.6 Å². The molecule has 17 heavy (non-hydrogen) atoms. The number of para-hydroxylation sites is 2. The topological polar surface area (TPSA) is 80.1 Å². The van der Waals surface area contributed by atoms with Crippen LogP contribution in [0, 0.1) is 0 Å². The molecule has 0 atom stereocenters. The van der Waals surface area contributed by atoms with E-state index in [0.29, 0.717) is 19.0 Å². The van der Waals surface area contributed by atoms with Gasteiger partial charge in [0.1, 0.15) is 18.1 Å². The molecule has 88 valence electrons. The van der Waals surface area contributed by atoms with Crippen molar-refractivity contribution in [2.24, 2.45) is 0 Å². The van der Waals surface area contributed by atoms with E-state index in [1.807, 2.05) is 24.3 Å². The van der Waals surface area contributed by atoms with Crippen LogP contribution in [0.5, 0.6) is 5.75 Å². The highest BCUT2D eigenvalue weighted by atomic mass is 16.5. The number of hydrogen-bond donors (Lipinski definition) is 2. The maximum Gasteiger partial charge on any atom is 0.170 e. The van der Waals surface area contributed by atoms with Crippen molar-refractivity contribution >= 4 is 11.5 Å². The Morgan fingerprint density at radius 2 is 2.24 bits per heavy atom. The first kappa shape index (κ1) is 9.95. The van der Waals surface area contributed by atoms with E-state index >= 15 is 0 Å². The molecular weight excluding hydrogens is 218 g/mol. The van der Waals surface area contributed by atoms with Crippen LogP contribution in [0.2, 0.25) is 0 Å². The van der Waals surface area contributed by atoms with Gasteiger partial charge in [0.15, 0.2) is 5.82 Å². The quantitative estimate of drug-likeness (QED) is 0.798. The fraction of sp³-hybridized carbons (Fsp3) is 0.273. The molecule has 0 amide bonds. The van der Waals surface area contributed by atoms with Crippen molar-refractivity contribution in [2.75, 3.05) is 23.8 Å². The Bertz CT molecular complexity index is 524. The number of hydrogen-bond acceptors (Lipinski definition) is 5. The Labute approximate surface area is 98.4 Å². The van der Waals surface area contributed by atoms with E-state index in [1.165, 1.54) is 0 Å². The Morgan fingerprint density at radius 1 is 1.35 bits per heavy atom. The molecule has 0 bridgehead atoms. The molecule has 0 spiro atoms. The molecule has 1 aromatic carbocycles. The van der Waals surface area contributed by atoms with E-state index in [4.69, 9.17) is 10.5 Å². The van der Waals surface area contributed by atoms with Crippen molar-refractivity contribution in [1.82, 2.24) is 15.4 Å². The molecule has 6 nitrogen and oxygen atoms in total. The van der Waals surface area contributed by atoms with Crippen LogP contribution in [-0.2, 0) is 6.54 Å². The minimum Gasteiger partial charge on any atom is -0.490 e. The van der Waals surface area contributed by atoms with Gasteiger partial charge in [-0.1, -0.05) is 12.1 Å². The minimum absolute atomic E-state index is 0.453. The molecule has 0 saturated heterocycles. The lowest BCUT2D eigenvalue weighted by Gasteiger charge is -2.30. The summed E-state index contributed by atoms with van der Waals surface area (Å²) in [6.45, 7) is 2.14. The van der Waals surface area contributed by atoms with Crippen LogP contribution in [0.25, 0.3) is 0 Å². The molecule has 1 aromatic heterocycles. The van der Waals surface area contributed by atoms with Gasteiger partial charge >= 0.3 is 0 Å². The van der Waals surface area contributed by atoms with Crippen LogP contribution in [0.3, 0.4) is 0 Å².